The summed E-state index contributed by atoms with van der Waals surface area (Å²) in [4.78, 5) is 15.7. The molecule has 0 aliphatic carbocycles. The van der Waals surface area contributed by atoms with E-state index in [1.165, 1.54) is 6.21 Å². The first kappa shape index (κ1) is 10.8. The number of aliphatic imine (C=N–C) groups is 1. The summed E-state index contributed by atoms with van der Waals surface area (Å²) < 4.78 is 4.88. The number of nitrogens with zero attached hydrogens (tertiary/aromatic N) is 1. The lowest BCUT2D eigenvalue weighted by Gasteiger charge is -2.22. The van der Waals surface area contributed by atoms with Crippen molar-refractivity contribution < 1.29 is 14.6 Å². The minimum absolute atomic E-state index is 0.303. The Hall–Kier alpha value is -1.68. The molecule has 0 bridgehead atoms. The smallest absolute Gasteiger partial charge is 0.317 e. The van der Waals surface area contributed by atoms with Gasteiger partial charge in [0.25, 0.3) is 0 Å². The number of ether oxygens (including phenoxy) is 1. The standard InChI is InChI=1S/C12H13NO3/c1-2-16-12(15)9-7-13-10-6-4-3-5-8(10)11(9)14/h3-7,9,11,14H,2H2,1H3. The molecule has 1 aliphatic heterocycles. The van der Waals surface area contributed by atoms with Crippen molar-refractivity contribution in [1.82, 2.24) is 0 Å². The lowest BCUT2D eigenvalue weighted by Crippen LogP contribution is -2.27. The highest BCUT2D eigenvalue weighted by atomic mass is 16.5. The summed E-state index contributed by atoms with van der Waals surface area (Å²) in [6.45, 7) is 2.04. The Morgan fingerprint density at radius 1 is 1.50 bits per heavy atom. The number of para-hydroxylation sites is 1. The third kappa shape index (κ3) is 1.84. The molecule has 0 fully saturated rings. The first-order chi connectivity index (χ1) is 7.74. The average molecular weight is 219 g/mol. The topological polar surface area (TPSA) is 58.9 Å². The van der Waals surface area contributed by atoms with Crippen LogP contribution in [0.5, 0.6) is 0 Å². The van der Waals surface area contributed by atoms with Crippen molar-refractivity contribution in [2.75, 3.05) is 6.61 Å². The molecular formula is C12H13NO3. The van der Waals surface area contributed by atoms with Crippen molar-refractivity contribution in [3.63, 3.8) is 0 Å². The van der Waals surface area contributed by atoms with Crippen LogP contribution in [0.3, 0.4) is 0 Å². The van der Waals surface area contributed by atoms with Crippen molar-refractivity contribution in [2.24, 2.45) is 10.9 Å². The zero-order chi connectivity index (χ0) is 11.5. The number of carbonyl (C=O) groups excluding carboxylic acids is 1. The van der Waals surface area contributed by atoms with Gasteiger partial charge in [0.2, 0.25) is 0 Å². The van der Waals surface area contributed by atoms with Gasteiger partial charge in [-0.25, -0.2) is 0 Å². The van der Waals surface area contributed by atoms with E-state index in [-0.39, 0.29) is 0 Å². The van der Waals surface area contributed by atoms with Gasteiger partial charge in [0.1, 0.15) is 5.92 Å². The highest BCUT2D eigenvalue weighted by molar-refractivity contribution is 5.93. The number of esters is 1. The van der Waals surface area contributed by atoms with E-state index in [0.717, 1.165) is 0 Å². The average Bonchev–Trinajstić information content (AvgIpc) is 2.30. The van der Waals surface area contributed by atoms with Crippen molar-refractivity contribution >= 4 is 17.9 Å². The molecule has 0 aromatic heterocycles. The number of aliphatic hydroxyl groups is 1. The number of benzene rings is 1. The molecule has 1 heterocycles. The number of hydrogen-bond donors (Lipinski definition) is 1. The summed E-state index contributed by atoms with van der Waals surface area (Å²) in [5.41, 5.74) is 1.37. The highest BCUT2D eigenvalue weighted by Crippen LogP contribution is 2.34. The van der Waals surface area contributed by atoms with Crippen LogP contribution in [0.15, 0.2) is 29.3 Å². The van der Waals surface area contributed by atoms with Crippen molar-refractivity contribution in [3.05, 3.63) is 29.8 Å². The van der Waals surface area contributed by atoms with Crippen LogP contribution in [0.2, 0.25) is 0 Å². The number of hydrogen-bond acceptors (Lipinski definition) is 4. The molecule has 1 N–H and O–H groups in total. The fourth-order valence-electron chi connectivity index (χ4n) is 1.72. The van der Waals surface area contributed by atoms with Crippen molar-refractivity contribution in [1.29, 1.82) is 0 Å². The Bertz CT molecular complexity index is 428. The van der Waals surface area contributed by atoms with Crippen LogP contribution < -0.4 is 0 Å². The minimum atomic E-state index is -0.868. The Labute approximate surface area is 93.6 Å². The van der Waals surface area contributed by atoms with E-state index in [4.69, 9.17) is 4.74 Å². The van der Waals surface area contributed by atoms with E-state index in [0.29, 0.717) is 17.9 Å². The predicted molar refractivity (Wildman–Crippen MR) is 59.7 cm³/mol. The molecule has 0 spiro atoms. The normalized spacial score (nSPS) is 22.6. The van der Waals surface area contributed by atoms with E-state index in [2.05, 4.69) is 4.99 Å². The summed E-state index contributed by atoms with van der Waals surface area (Å²) in [6, 6.07) is 7.22. The molecule has 16 heavy (non-hydrogen) atoms. The SMILES string of the molecule is CCOC(=O)C1C=Nc2ccccc2C1O. The third-order valence-corrected chi connectivity index (χ3v) is 2.53. The largest absolute Gasteiger partial charge is 0.465 e. The lowest BCUT2D eigenvalue weighted by molar-refractivity contribution is -0.148. The molecule has 2 rings (SSSR count). The Morgan fingerprint density at radius 2 is 2.25 bits per heavy atom. The van der Waals surface area contributed by atoms with E-state index < -0.39 is 18.0 Å². The minimum Gasteiger partial charge on any atom is -0.465 e. The second-order valence-corrected chi connectivity index (χ2v) is 3.56. The van der Waals surface area contributed by atoms with Gasteiger partial charge >= 0.3 is 5.97 Å². The number of fused-ring (bicyclic) bond motifs is 1. The number of carbonyl (C=O) groups is 1. The molecule has 2 atom stereocenters. The number of aliphatic hydroxyl groups excluding tert-OH is 1. The zero-order valence-electron chi connectivity index (χ0n) is 8.96. The summed E-state index contributed by atoms with van der Waals surface area (Å²) in [7, 11) is 0. The van der Waals surface area contributed by atoms with Crippen LogP contribution in [0.25, 0.3) is 0 Å². The molecule has 4 heteroatoms. The van der Waals surface area contributed by atoms with E-state index >= 15 is 0 Å². The van der Waals surface area contributed by atoms with Gasteiger partial charge in [0.15, 0.2) is 0 Å². The Kier molecular flexibility index (Phi) is 3.01. The van der Waals surface area contributed by atoms with Crippen LogP contribution >= 0.6 is 0 Å². The molecule has 0 amide bonds. The first-order valence-corrected chi connectivity index (χ1v) is 5.22. The Morgan fingerprint density at radius 3 is 3.00 bits per heavy atom. The van der Waals surface area contributed by atoms with Gasteiger partial charge in [-0.05, 0) is 13.0 Å². The molecule has 84 valence electrons. The van der Waals surface area contributed by atoms with E-state index in [1.54, 1.807) is 19.1 Å². The van der Waals surface area contributed by atoms with Crippen LogP contribution in [0, 0.1) is 5.92 Å². The van der Waals surface area contributed by atoms with E-state index in [1.807, 2.05) is 12.1 Å². The summed E-state index contributed by atoms with van der Waals surface area (Å²) in [5, 5.41) is 10.0. The third-order valence-electron chi connectivity index (χ3n) is 2.53. The molecule has 2 unspecified atom stereocenters. The fourth-order valence-corrected chi connectivity index (χ4v) is 1.72. The summed E-state index contributed by atoms with van der Waals surface area (Å²) in [5.74, 6) is -1.14. The van der Waals surface area contributed by atoms with Gasteiger partial charge in [0.05, 0.1) is 18.4 Å². The molecular weight excluding hydrogens is 206 g/mol. The van der Waals surface area contributed by atoms with Gasteiger partial charge in [-0.15, -0.1) is 0 Å². The molecule has 1 aromatic carbocycles. The molecule has 1 aliphatic rings. The highest BCUT2D eigenvalue weighted by Gasteiger charge is 2.31. The second kappa shape index (κ2) is 4.45. The maximum atomic E-state index is 11.5. The monoisotopic (exact) mass is 219 g/mol. The van der Waals surface area contributed by atoms with Gasteiger partial charge in [-0.3, -0.25) is 9.79 Å². The quantitative estimate of drug-likeness (QED) is 0.769. The fraction of sp³-hybridized carbons (Fsp3) is 0.333. The van der Waals surface area contributed by atoms with Crippen molar-refractivity contribution in [2.45, 2.75) is 13.0 Å². The molecule has 0 radical (unpaired) electrons. The van der Waals surface area contributed by atoms with Crippen LogP contribution in [0.1, 0.15) is 18.6 Å². The first-order valence-electron chi connectivity index (χ1n) is 5.22. The zero-order valence-corrected chi connectivity index (χ0v) is 8.96. The van der Waals surface area contributed by atoms with Crippen LogP contribution in [-0.4, -0.2) is 23.9 Å². The van der Waals surface area contributed by atoms with Crippen LogP contribution in [0.4, 0.5) is 5.69 Å². The maximum Gasteiger partial charge on any atom is 0.317 e. The lowest BCUT2D eigenvalue weighted by atomic mass is 9.93. The van der Waals surface area contributed by atoms with Crippen molar-refractivity contribution in [3.8, 4) is 0 Å². The molecule has 0 saturated heterocycles. The Balaban J connectivity index is 2.27. The van der Waals surface area contributed by atoms with E-state index in [9.17, 15) is 9.90 Å². The van der Waals surface area contributed by atoms with Gasteiger partial charge in [-0.2, -0.15) is 0 Å². The van der Waals surface area contributed by atoms with Gasteiger partial charge < -0.3 is 9.84 Å². The second-order valence-electron chi connectivity index (χ2n) is 3.56. The van der Waals surface area contributed by atoms with Crippen LogP contribution in [-0.2, 0) is 9.53 Å². The predicted octanol–water partition coefficient (Wildman–Crippen LogP) is 1.62. The summed E-state index contributed by atoms with van der Waals surface area (Å²) >= 11 is 0. The number of rotatable bonds is 2. The van der Waals surface area contributed by atoms with Gasteiger partial charge in [-0.1, -0.05) is 18.2 Å². The molecule has 1 aromatic rings. The maximum absolute atomic E-state index is 11.5. The van der Waals surface area contributed by atoms with Gasteiger partial charge in [0, 0.05) is 11.8 Å². The molecule has 0 saturated carbocycles. The summed E-state index contributed by atoms with van der Waals surface area (Å²) in [6.07, 6.45) is 0.582. The molecule has 4 nitrogen and oxygen atoms in total.